The zero-order valence-corrected chi connectivity index (χ0v) is 15.8. The molecule has 2 heterocycles. The molecule has 28 heavy (non-hydrogen) atoms. The Bertz CT molecular complexity index is 1100. The van der Waals surface area contributed by atoms with Crippen LogP contribution < -0.4 is 5.32 Å². The van der Waals surface area contributed by atoms with E-state index in [-0.39, 0.29) is 24.3 Å². The summed E-state index contributed by atoms with van der Waals surface area (Å²) in [5.74, 6) is -0.247. The molecule has 0 aliphatic carbocycles. The normalized spacial score (nSPS) is 15.4. The van der Waals surface area contributed by atoms with E-state index in [1.807, 2.05) is 67.6 Å². The summed E-state index contributed by atoms with van der Waals surface area (Å²) < 4.78 is 0. The van der Waals surface area contributed by atoms with Crippen molar-refractivity contribution in [2.45, 2.75) is 26.3 Å². The average molecular weight is 371 g/mol. The predicted molar refractivity (Wildman–Crippen MR) is 110 cm³/mol. The molecule has 2 aromatic carbocycles. The van der Waals surface area contributed by atoms with Gasteiger partial charge in [-0.25, -0.2) is 0 Å². The van der Waals surface area contributed by atoms with Crippen molar-refractivity contribution >= 4 is 34.5 Å². The van der Waals surface area contributed by atoms with E-state index in [2.05, 4.69) is 10.3 Å². The van der Waals surface area contributed by atoms with Gasteiger partial charge in [-0.3, -0.25) is 14.6 Å². The molecule has 1 unspecified atom stereocenters. The topological polar surface area (TPSA) is 62.3 Å². The van der Waals surface area contributed by atoms with Gasteiger partial charge < -0.3 is 10.2 Å². The van der Waals surface area contributed by atoms with E-state index in [1.165, 1.54) is 6.92 Å². The van der Waals surface area contributed by atoms with Crippen LogP contribution >= 0.6 is 0 Å². The van der Waals surface area contributed by atoms with Crippen molar-refractivity contribution in [3.8, 4) is 0 Å². The first-order valence-corrected chi connectivity index (χ1v) is 9.25. The number of anilines is 1. The van der Waals surface area contributed by atoms with E-state index < -0.39 is 0 Å². The van der Waals surface area contributed by atoms with E-state index in [0.29, 0.717) is 5.69 Å². The van der Waals surface area contributed by atoms with Crippen molar-refractivity contribution < 1.29 is 9.59 Å². The third-order valence-electron chi connectivity index (χ3n) is 4.98. The van der Waals surface area contributed by atoms with Gasteiger partial charge in [0.2, 0.25) is 11.8 Å². The molecule has 5 heteroatoms. The summed E-state index contributed by atoms with van der Waals surface area (Å²) in [4.78, 5) is 31.2. The molecule has 2 amide bonds. The molecule has 0 spiro atoms. The molecule has 3 aromatic rings. The third kappa shape index (κ3) is 3.39. The second kappa shape index (κ2) is 7.27. The van der Waals surface area contributed by atoms with Gasteiger partial charge in [-0.05, 0) is 36.3 Å². The minimum Gasteiger partial charge on any atom is -0.324 e. The maximum Gasteiger partial charge on any atom is 0.226 e. The number of hydrogen-bond donors (Lipinski definition) is 1. The van der Waals surface area contributed by atoms with Crippen molar-refractivity contribution in [1.82, 2.24) is 9.88 Å². The van der Waals surface area contributed by atoms with Crippen LogP contribution in [0, 0.1) is 6.92 Å². The molecule has 5 nitrogen and oxygen atoms in total. The Labute approximate surface area is 163 Å². The Morgan fingerprint density at radius 3 is 2.71 bits per heavy atom. The summed E-state index contributed by atoms with van der Waals surface area (Å²) >= 11 is 0. The van der Waals surface area contributed by atoms with E-state index >= 15 is 0 Å². The lowest BCUT2D eigenvalue weighted by atomic mass is 9.93. The van der Waals surface area contributed by atoms with Gasteiger partial charge in [0, 0.05) is 24.2 Å². The number of carbonyl (C=O) groups is 2. The highest BCUT2D eigenvalue weighted by Gasteiger charge is 2.28. The summed E-state index contributed by atoms with van der Waals surface area (Å²) in [5, 5.41) is 3.96. The highest BCUT2D eigenvalue weighted by Crippen LogP contribution is 2.33. The summed E-state index contributed by atoms with van der Waals surface area (Å²) in [5.41, 5.74) is 4.34. The van der Waals surface area contributed by atoms with Crippen LogP contribution in [-0.4, -0.2) is 21.7 Å². The third-order valence-corrected chi connectivity index (χ3v) is 4.98. The smallest absolute Gasteiger partial charge is 0.226 e. The van der Waals surface area contributed by atoms with E-state index in [4.69, 9.17) is 0 Å². The molecule has 0 fully saturated rings. The number of nitrogens with one attached hydrogen (secondary N) is 1. The number of rotatable bonds is 3. The molecule has 1 aliphatic rings. The molecule has 1 N–H and O–H groups in total. The average Bonchev–Trinajstić information content (AvgIpc) is 2.68. The number of carbonyl (C=O) groups excluding carboxylic acids is 2. The molecular formula is C23H21N3O2. The molecule has 1 aliphatic heterocycles. The minimum atomic E-state index is -0.330. The molecule has 0 bridgehead atoms. The highest BCUT2D eigenvalue weighted by molar-refractivity contribution is 6.00. The van der Waals surface area contributed by atoms with Gasteiger partial charge in [0.25, 0.3) is 0 Å². The number of pyridine rings is 1. The zero-order chi connectivity index (χ0) is 19.7. The van der Waals surface area contributed by atoms with Crippen LogP contribution in [0.5, 0.6) is 0 Å². The van der Waals surface area contributed by atoms with Crippen LogP contribution in [0.15, 0.2) is 60.8 Å². The van der Waals surface area contributed by atoms with E-state index in [9.17, 15) is 9.59 Å². The molecule has 140 valence electrons. The number of aryl methyl sites for hydroxylation is 1. The van der Waals surface area contributed by atoms with Gasteiger partial charge >= 0.3 is 0 Å². The fourth-order valence-electron chi connectivity index (χ4n) is 3.64. The zero-order valence-electron chi connectivity index (χ0n) is 15.8. The van der Waals surface area contributed by atoms with Crippen LogP contribution in [0.2, 0.25) is 0 Å². The summed E-state index contributed by atoms with van der Waals surface area (Å²) in [6, 6.07) is 17.2. The minimum absolute atomic E-state index is 0.0917. The van der Waals surface area contributed by atoms with Crippen molar-refractivity contribution in [2.75, 3.05) is 5.32 Å². The number of hydrogen-bond acceptors (Lipinski definition) is 3. The van der Waals surface area contributed by atoms with E-state index in [1.54, 1.807) is 11.1 Å². The number of nitrogens with zero attached hydrogens (tertiary/aromatic N) is 2. The lowest BCUT2D eigenvalue weighted by Gasteiger charge is -2.32. The lowest BCUT2D eigenvalue weighted by Crippen LogP contribution is -2.33. The van der Waals surface area contributed by atoms with Crippen LogP contribution in [0.3, 0.4) is 0 Å². The standard InChI is InChI=1S/C23H21N3O2/c1-15-10-11-18-7-5-9-20(23(18)24-15)25-22(28)14-21-19-8-4-3-6-17(19)12-13-26(21)16(2)27/h3-13,21H,14H2,1-2H3,(H,25,28). The highest BCUT2D eigenvalue weighted by atomic mass is 16.2. The quantitative estimate of drug-likeness (QED) is 0.740. The van der Waals surface area contributed by atoms with Crippen molar-refractivity contribution in [1.29, 1.82) is 0 Å². The maximum atomic E-state index is 12.9. The summed E-state index contributed by atoms with van der Waals surface area (Å²) in [7, 11) is 0. The fraction of sp³-hybridized carbons (Fsp3) is 0.174. The van der Waals surface area contributed by atoms with Gasteiger partial charge in [-0.2, -0.15) is 0 Å². The van der Waals surface area contributed by atoms with Crippen LogP contribution in [0.1, 0.15) is 36.2 Å². The monoisotopic (exact) mass is 371 g/mol. The van der Waals surface area contributed by atoms with Crippen LogP contribution in [0.25, 0.3) is 17.0 Å². The van der Waals surface area contributed by atoms with Gasteiger partial charge in [0.1, 0.15) is 0 Å². The maximum absolute atomic E-state index is 12.9. The van der Waals surface area contributed by atoms with Crippen molar-refractivity contribution in [3.63, 3.8) is 0 Å². The Kier molecular flexibility index (Phi) is 4.65. The number of aromatic nitrogens is 1. The van der Waals surface area contributed by atoms with Gasteiger partial charge in [-0.1, -0.05) is 42.5 Å². The van der Waals surface area contributed by atoms with Gasteiger partial charge in [0.05, 0.1) is 23.7 Å². The fourth-order valence-corrected chi connectivity index (χ4v) is 3.64. The molecule has 0 radical (unpaired) electrons. The molecule has 1 aromatic heterocycles. The molecule has 4 rings (SSSR count). The van der Waals surface area contributed by atoms with Crippen LogP contribution in [-0.2, 0) is 9.59 Å². The molecular weight excluding hydrogens is 350 g/mol. The summed E-state index contributed by atoms with van der Waals surface area (Å²) in [6.45, 7) is 3.44. The number of amides is 2. The van der Waals surface area contributed by atoms with Crippen LogP contribution in [0.4, 0.5) is 5.69 Å². The van der Waals surface area contributed by atoms with E-state index in [0.717, 1.165) is 27.7 Å². The van der Waals surface area contributed by atoms with Gasteiger partial charge in [-0.15, -0.1) is 0 Å². The SMILES string of the molecule is CC(=O)N1C=Cc2ccccc2C1CC(=O)Nc1cccc2ccc(C)nc12. The second-order valence-corrected chi connectivity index (χ2v) is 6.97. The molecule has 0 saturated heterocycles. The lowest BCUT2D eigenvalue weighted by molar-refractivity contribution is -0.129. The summed E-state index contributed by atoms with van der Waals surface area (Å²) in [6.07, 6.45) is 3.83. The first kappa shape index (κ1) is 17.9. The van der Waals surface area contributed by atoms with Crippen molar-refractivity contribution in [3.05, 3.63) is 77.6 Å². The first-order valence-electron chi connectivity index (χ1n) is 9.25. The Hall–Kier alpha value is -3.47. The Morgan fingerprint density at radius 2 is 1.89 bits per heavy atom. The Balaban J connectivity index is 1.62. The first-order chi connectivity index (χ1) is 13.5. The number of benzene rings is 2. The van der Waals surface area contributed by atoms with Crippen molar-refractivity contribution in [2.24, 2.45) is 0 Å². The molecule has 0 saturated carbocycles. The molecule has 1 atom stereocenters. The largest absolute Gasteiger partial charge is 0.324 e. The number of fused-ring (bicyclic) bond motifs is 2. The number of para-hydroxylation sites is 1. The van der Waals surface area contributed by atoms with Gasteiger partial charge in [0.15, 0.2) is 0 Å². The predicted octanol–water partition coefficient (Wildman–Crippen LogP) is 4.45. The Morgan fingerprint density at radius 1 is 1.07 bits per heavy atom. The second-order valence-electron chi connectivity index (χ2n) is 6.97.